The van der Waals surface area contributed by atoms with Crippen molar-refractivity contribution in [2.75, 3.05) is 11.0 Å². The summed E-state index contributed by atoms with van der Waals surface area (Å²) >= 11 is 0. The van der Waals surface area contributed by atoms with Gasteiger partial charge < -0.3 is 5.11 Å². The van der Waals surface area contributed by atoms with Crippen molar-refractivity contribution in [3.63, 3.8) is 0 Å². The van der Waals surface area contributed by atoms with E-state index in [0.29, 0.717) is 17.0 Å². The summed E-state index contributed by atoms with van der Waals surface area (Å²) in [6.45, 7) is 0. The molecular weight excluding hydrogens is 413 g/mol. The average Bonchev–Trinajstić information content (AvgIpc) is 3.10. The number of carbonyl (C=O) groups is 2. The highest BCUT2D eigenvalue weighted by Gasteiger charge is 2.34. The highest BCUT2D eigenvalue weighted by Crippen LogP contribution is 2.35. The van der Waals surface area contributed by atoms with Crippen LogP contribution in [0.1, 0.15) is 36.4 Å². The van der Waals surface area contributed by atoms with Crippen LogP contribution < -0.4 is 4.72 Å². The molecule has 0 saturated carbocycles. The Balaban J connectivity index is 1.95. The topological polar surface area (TPSA) is 116 Å². The van der Waals surface area contributed by atoms with Gasteiger partial charge in [-0.05, 0) is 23.8 Å². The van der Waals surface area contributed by atoms with E-state index in [9.17, 15) is 22.4 Å². The summed E-state index contributed by atoms with van der Waals surface area (Å²) < 4.78 is 39.8. The SMILES string of the molecule is CS(=O)(=O)Nc1cccc(C2=NN(C(=O)CCC(=O)O)[C@H](c3ccccc3F)C2)c1. The molecule has 0 aromatic heterocycles. The summed E-state index contributed by atoms with van der Waals surface area (Å²) in [4.78, 5) is 23.5. The molecule has 8 nitrogen and oxygen atoms in total. The van der Waals surface area contributed by atoms with Crippen LogP contribution in [-0.2, 0) is 19.6 Å². The molecule has 1 aliphatic heterocycles. The monoisotopic (exact) mass is 433 g/mol. The Labute approximate surface area is 173 Å². The fourth-order valence-corrected chi connectivity index (χ4v) is 3.76. The Kier molecular flexibility index (Phi) is 6.16. The lowest BCUT2D eigenvalue weighted by molar-refractivity contribution is -0.141. The van der Waals surface area contributed by atoms with E-state index in [-0.39, 0.29) is 24.8 Å². The minimum Gasteiger partial charge on any atom is -0.481 e. The predicted molar refractivity (Wildman–Crippen MR) is 109 cm³/mol. The van der Waals surface area contributed by atoms with Crippen molar-refractivity contribution in [2.24, 2.45) is 5.10 Å². The van der Waals surface area contributed by atoms with Crippen LogP contribution in [0.5, 0.6) is 0 Å². The Morgan fingerprint density at radius 3 is 2.60 bits per heavy atom. The molecule has 1 heterocycles. The smallest absolute Gasteiger partial charge is 0.303 e. The third kappa shape index (κ3) is 5.20. The van der Waals surface area contributed by atoms with Gasteiger partial charge in [-0.25, -0.2) is 17.8 Å². The number of sulfonamides is 1. The first kappa shape index (κ1) is 21.4. The van der Waals surface area contributed by atoms with E-state index in [1.54, 1.807) is 36.4 Å². The number of amides is 1. The van der Waals surface area contributed by atoms with Gasteiger partial charge in [-0.3, -0.25) is 14.3 Å². The number of halogens is 1. The molecule has 10 heteroatoms. The largest absolute Gasteiger partial charge is 0.481 e. The molecule has 2 N–H and O–H groups in total. The van der Waals surface area contributed by atoms with Gasteiger partial charge in [0.1, 0.15) is 5.82 Å². The summed E-state index contributed by atoms with van der Waals surface area (Å²) in [6.07, 6.45) is 0.594. The first-order valence-corrected chi connectivity index (χ1v) is 11.0. The van der Waals surface area contributed by atoms with Gasteiger partial charge in [0, 0.05) is 24.1 Å². The molecule has 0 bridgehead atoms. The molecule has 1 amide bonds. The number of anilines is 1. The Hall–Kier alpha value is -3.27. The summed E-state index contributed by atoms with van der Waals surface area (Å²) in [5.74, 6) is -2.15. The number of carboxylic acids is 1. The highest BCUT2D eigenvalue weighted by atomic mass is 32.2. The molecule has 0 fully saturated rings. The first-order chi connectivity index (χ1) is 14.1. The number of rotatable bonds is 7. The second kappa shape index (κ2) is 8.62. The van der Waals surface area contributed by atoms with Crippen LogP contribution in [0.15, 0.2) is 53.6 Å². The van der Waals surface area contributed by atoms with Crippen LogP contribution in [0, 0.1) is 5.82 Å². The van der Waals surface area contributed by atoms with Crippen molar-refractivity contribution in [1.82, 2.24) is 5.01 Å². The van der Waals surface area contributed by atoms with Crippen molar-refractivity contribution in [2.45, 2.75) is 25.3 Å². The second-order valence-electron chi connectivity index (χ2n) is 6.88. The van der Waals surface area contributed by atoms with Crippen LogP contribution >= 0.6 is 0 Å². The maximum absolute atomic E-state index is 14.4. The number of hydrogen-bond donors (Lipinski definition) is 2. The van der Waals surface area contributed by atoms with Crippen molar-refractivity contribution in [3.8, 4) is 0 Å². The molecule has 1 aliphatic rings. The number of nitrogens with one attached hydrogen (secondary N) is 1. The minimum atomic E-state index is -3.48. The highest BCUT2D eigenvalue weighted by molar-refractivity contribution is 7.92. The van der Waals surface area contributed by atoms with Gasteiger partial charge in [0.2, 0.25) is 15.9 Å². The second-order valence-corrected chi connectivity index (χ2v) is 8.62. The Morgan fingerprint density at radius 2 is 1.93 bits per heavy atom. The summed E-state index contributed by atoms with van der Waals surface area (Å²) in [5.41, 5.74) is 1.63. The molecule has 30 heavy (non-hydrogen) atoms. The van der Waals surface area contributed by atoms with E-state index in [4.69, 9.17) is 5.11 Å². The molecule has 0 unspecified atom stereocenters. The molecule has 2 aromatic carbocycles. The Morgan fingerprint density at radius 1 is 1.20 bits per heavy atom. The molecule has 3 rings (SSSR count). The summed E-state index contributed by atoms with van der Waals surface area (Å²) in [5, 5.41) is 14.3. The van der Waals surface area contributed by atoms with Gasteiger partial charge in [-0.15, -0.1) is 0 Å². The molecule has 1 atom stereocenters. The number of benzene rings is 2. The van der Waals surface area contributed by atoms with E-state index in [0.717, 1.165) is 11.3 Å². The standard InChI is InChI=1S/C20H20FN3O5S/c1-30(28,29)23-14-6-4-5-13(11-14)17-12-18(15-7-2-3-8-16(15)21)24(22-17)19(25)9-10-20(26)27/h2-8,11,18,23H,9-10,12H2,1H3,(H,26,27)/t18-/m0/s1. The number of carboxylic acid groups (broad SMARTS) is 1. The van der Waals surface area contributed by atoms with Gasteiger partial charge in [0.25, 0.3) is 0 Å². The van der Waals surface area contributed by atoms with Crippen molar-refractivity contribution < 1.29 is 27.5 Å². The fraction of sp³-hybridized carbons (Fsp3) is 0.250. The van der Waals surface area contributed by atoms with Gasteiger partial charge in [0.15, 0.2) is 0 Å². The van der Waals surface area contributed by atoms with Crippen molar-refractivity contribution in [1.29, 1.82) is 0 Å². The molecule has 0 spiro atoms. The number of hydrogen-bond acceptors (Lipinski definition) is 5. The maximum atomic E-state index is 14.4. The fourth-order valence-electron chi connectivity index (χ4n) is 3.21. The molecule has 158 valence electrons. The van der Waals surface area contributed by atoms with E-state index in [1.807, 2.05) is 0 Å². The Bertz CT molecular complexity index is 1120. The predicted octanol–water partition coefficient (Wildman–Crippen LogP) is 2.74. The zero-order valence-electron chi connectivity index (χ0n) is 16.1. The molecule has 0 aliphatic carbocycles. The number of nitrogens with zero attached hydrogens (tertiary/aromatic N) is 2. The molecule has 2 aromatic rings. The lowest BCUT2D eigenvalue weighted by Crippen LogP contribution is -2.28. The van der Waals surface area contributed by atoms with E-state index in [1.165, 1.54) is 12.1 Å². The molecule has 0 saturated heterocycles. The number of aliphatic carboxylic acids is 1. The molecular formula is C20H20FN3O5S. The van der Waals surface area contributed by atoms with Crippen LogP contribution in [0.2, 0.25) is 0 Å². The lowest BCUT2D eigenvalue weighted by atomic mass is 9.97. The minimum absolute atomic E-state index is 0.197. The molecule has 0 radical (unpaired) electrons. The van der Waals surface area contributed by atoms with Gasteiger partial charge in [0.05, 0.1) is 24.4 Å². The third-order valence-electron chi connectivity index (χ3n) is 4.48. The summed E-state index contributed by atoms with van der Waals surface area (Å²) in [7, 11) is -3.48. The first-order valence-electron chi connectivity index (χ1n) is 9.08. The summed E-state index contributed by atoms with van der Waals surface area (Å²) in [6, 6.07) is 11.8. The van der Waals surface area contributed by atoms with Crippen LogP contribution in [0.4, 0.5) is 10.1 Å². The zero-order valence-corrected chi connectivity index (χ0v) is 16.9. The van der Waals surface area contributed by atoms with Gasteiger partial charge in [-0.2, -0.15) is 5.10 Å². The van der Waals surface area contributed by atoms with Crippen LogP contribution in [0.3, 0.4) is 0 Å². The van der Waals surface area contributed by atoms with Crippen LogP contribution in [-0.4, -0.2) is 42.4 Å². The zero-order chi connectivity index (χ0) is 21.9. The van der Waals surface area contributed by atoms with Gasteiger partial charge in [-0.1, -0.05) is 30.3 Å². The maximum Gasteiger partial charge on any atom is 0.303 e. The van der Waals surface area contributed by atoms with Crippen LogP contribution in [0.25, 0.3) is 0 Å². The average molecular weight is 433 g/mol. The number of hydrazone groups is 1. The van der Waals surface area contributed by atoms with E-state index in [2.05, 4.69) is 9.82 Å². The normalized spacial score (nSPS) is 16.3. The van der Waals surface area contributed by atoms with E-state index < -0.39 is 33.8 Å². The number of carbonyl (C=O) groups excluding carboxylic acids is 1. The van der Waals surface area contributed by atoms with E-state index >= 15 is 0 Å². The quantitative estimate of drug-likeness (QED) is 0.697. The third-order valence-corrected chi connectivity index (χ3v) is 5.09. The van der Waals surface area contributed by atoms with Crippen molar-refractivity contribution >= 4 is 33.3 Å². The van der Waals surface area contributed by atoms with Crippen molar-refractivity contribution in [3.05, 3.63) is 65.5 Å². The lowest BCUT2D eigenvalue weighted by Gasteiger charge is -2.22. The van der Waals surface area contributed by atoms with Gasteiger partial charge >= 0.3 is 5.97 Å².